The Hall–Kier alpha value is -1.85. The van der Waals surface area contributed by atoms with E-state index >= 15 is 0 Å². The summed E-state index contributed by atoms with van der Waals surface area (Å²) in [4.78, 5) is 21.8. The lowest BCUT2D eigenvalue weighted by Gasteiger charge is -2.09. The van der Waals surface area contributed by atoms with Gasteiger partial charge in [0.2, 0.25) is 0 Å². The molecule has 6 heteroatoms. The number of nitrogens with zero attached hydrogens (tertiary/aromatic N) is 1. The van der Waals surface area contributed by atoms with Crippen molar-refractivity contribution in [2.75, 3.05) is 6.54 Å². The van der Waals surface area contributed by atoms with Gasteiger partial charge in [-0.1, -0.05) is 12.1 Å². The summed E-state index contributed by atoms with van der Waals surface area (Å²) in [5.41, 5.74) is 0.253. The van der Waals surface area contributed by atoms with Gasteiger partial charge in [-0.25, -0.2) is 0 Å². The Balaban J connectivity index is 2.15. The van der Waals surface area contributed by atoms with Crippen molar-refractivity contribution in [1.29, 1.82) is 0 Å². The van der Waals surface area contributed by atoms with Crippen LogP contribution in [0.2, 0.25) is 0 Å². The van der Waals surface area contributed by atoms with E-state index in [2.05, 4.69) is 15.0 Å². The number of aliphatic carboxylic acids is 1. The maximum Gasteiger partial charge on any atom is 0.303 e. The summed E-state index contributed by atoms with van der Waals surface area (Å²) >= 11 is 0. The molecule has 0 aliphatic carbocycles. The van der Waals surface area contributed by atoms with Crippen molar-refractivity contribution < 1.29 is 19.2 Å². The lowest BCUT2D eigenvalue weighted by Crippen LogP contribution is -2.25. The third kappa shape index (κ3) is 5.14. The first-order valence-corrected chi connectivity index (χ1v) is 5.50. The number of carboxylic acid groups (broad SMARTS) is 1. The lowest BCUT2D eigenvalue weighted by molar-refractivity contribution is -0.137. The second-order valence-electron chi connectivity index (χ2n) is 3.97. The number of amides is 1. The topological polar surface area (TPSA) is 92.4 Å². The molecule has 1 aromatic rings. The molecule has 2 N–H and O–H groups in total. The molecule has 0 aliphatic rings. The largest absolute Gasteiger partial charge is 0.481 e. The van der Waals surface area contributed by atoms with Crippen molar-refractivity contribution in [2.24, 2.45) is 5.92 Å². The summed E-state index contributed by atoms with van der Waals surface area (Å²) in [6, 6.07) is 1.49. The van der Waals surface area contributed by atoms with Gasteiger partial charge >= 0.3 is 5.97 Å². The highest BCUT2D eigenvalue weighted by molar-refractivity contribution is 5.91. The Morgan fingerprint density at radius 2 is 2.29 bits per heavy atom. The fourth-order valence-corrected chi connectivity index (χ4v) is 1.37. The summed E-state index contributed by atoms with van der Waals surface area (Å²) in [7, 11) is 0. The SMILES string of the molecule is CC(CCNC(=O)c1ccon1)CCC(=O)O. The zero-order chi connectivity index (χ0) is 12.7. The molecule has 1 rings (SSSR count). The van der Waals surface area contributed by atoms with E-state index in [0.29, 0.717) is 13.0 Å². The number of nitrogens with one attached hydrogen (secondary N) is 1. The van der Waals surface area contributed by atoms with E-state index in [1.54, 1.807) is 0 Å². The first-order chi connectivity index (χ1) is 8.09. The minimum absolute atomic E-state index is 0.165. The van der Waals surface area contributed by atoms with E-state index in [9.17, 15) is 9.59 Å². The monoisotopic (exact) mass is 240 g/mol. The molecule has 0 bridgehead atoms. The predicted molar refractivity (Wildman–Crippen MR) is 59.5 cm³/mol. The lowest BCUT2D eigenvalue weighted by atomic mass is 10.0. The molecule has 0 spiro atoms. The Bertz CT molecular complexity index is 362. The molecule has 0 aliphatic heterocycles. The van der Waals surface area contributed by atoms with Crippen LogP contribution in [0.15, 0.2) is 16.9 Å². The van der Waals surface area contributed by atoms with Crippen LogP contribution in [-0.4, -0.2) is 28.7 Å². The second kappa shape index (κ2) is 6.67. The predicted octanol–water partition coefficient (Wildman–Crippen LogP) is 1.30. The zero-order valence-electron chi connectivity index (χ0n) is 9.68. The number of hydrogen-bond donors (Lipinski definition) is 2. The van der Waals surface area contributed by atoms with Gasteiger partial charge < -0.3 is 14.9 Å². The van der Waals surface area contributed by atoms with Crippen molar-refractivity contribution in [2.45, 2.75) is 26.2 Å². The molecule has 1 aromatic heterocycles. The summed E-state index contributed by atoms with van der Waals surface area (Å²) in [6.07, 6.45) is 2.87. The van der Waals surface area contributed by atoms with Crippen molar-refractivity contribution in [1.82, 2.24) is 10.5 Å². The van der Waals surface area contributed by atoms with E-state index in [1.165, 1.54) is 12.3 Å². The Morgan fingerprint density at radius 1 is 1.53 bits per heavy atom. The highest BCUT2D eigenvalue weighted by Gasteiger charge is 2.09. The van der Waals surface area contributed by atoms with Crippen LogP contribution in [0, 0.1) is 5.92 Å². The van der Waals surface area contributed by atoms with Gasteiger partial charge in [0.15, 0.2) is 5.69 Å². The number of carbonyl (C=O) groups is 2. The zero-order valence-corrected chi connectivity index (χ0v) is 9.68. The Kier molecular flexibility index (Phi) is 5.19. The van der Waals surface area contributed by atoms with Crippen molar-refractivity contribution in [3.05, 3.63) is 18.0 Å². The highest BCUT2D eigenvalue weighted by Crippen LogP contribution is 2.09. The molecule has 1 unspecified atom stereocenters. The highest BCUT2D eigenvalue weighted by atomic mass is 16.5. The van der Waals surface area contributed by atoms with E-state index in [4.69, 9.17) is 5.11 Å². The van der Waals surface area contributed by atoms with Gasteiger partial charge in [0.25, 0.3) is 5.91 Å². The minimum atomic E-state index is -0.788. The number of rotatable bonds is 7. The molecule has 17 heavy (non-hydrogen) atoms. The summed E-state index contributed by atoms with van der Waals surface area (Å²) in [5, 5.41) is 14.7. The van der Waals surface area contributed by atoms with Crippen molar-refractivity contribution >= 4 is 11.9 Å². The molecule has 1 amide bonds. The maximum atomic E-state index is 11.4. The third-order valence-electron chi connectivity index (χ3n) is 2.44. The summed E-state index contributed by atoms with van der Waals surface area (Å²) in [6.45, 7) is 2.47. The summed E-state index contributed by atoms with van der Waals surface area (Å²) in [5.74, 6) is -0.795. The van der Waals surface area contributed by atoms with Crippen LogP contribution in [0.3, 0.4) is 0 Å². The fourth-order valence-electron chi connectivity index (χ4n) is 1.37. The maximum absolute atomic E-state index is 11.4. The average Bonchev–Trinajstić information content (AvgIpc) is 2.79. The smallest absolute Gasteiger partial charge is 0.303 e. The van der Waals surface area contributed by atoms with Crippen molar-refractivity contribution in [3.8, 4) is 0 Å². The molecular formula is C11H16N2O4. The van der Waals surface area contributed by atoms with Gasteiger partial charge in [-0.2, -0.15) is 0 Å². The Morgan fingerprint density at radius 3 is 2.88 bits per heavy atom. The molecule has 0 aromatic carbocycles. The summed E-state index contributed by atoms with van der Waals surface area (Å²) < 4.78 is 4.55. The molecule has 94 valence electrons. The van der Waals surface area contributed by atoms with Gasteiger partial charge in [0, 0.05) is 19.0 Å². The van der Waals surface area contributed by atoms with Crippen LogP contribution in [0.4, 0.5) is 0 Å². The number of carbonyl (C=O) groups excluding carboxylic acids is 1. The van der Waals surface area contributed by atoms with Gasteiger partial charge in [-0.05, 0) is 18.8 Å². The fraction of sp³-hybridized carbons (Fsp3) is 0.545. The van der Waals surface area contributed by atoms with Crippen LogP contribution in [0.1, 0.15) is 36.7 Å². The van der Waals surface area contributed by atoms with E-state index in [1.807, 2.05) is 6.92 Å². The molecule has 1 atom stereocenters. The molecule has 0 fully saturated rings. The van der Waals surface area contributed by atoms with Crippen LogP contribution in [0.5, 0.6) is 0 Å². The second-order valence-corrected chi connectivity index (χ2v) is 3.97. The van der Waals surface area contributed by atoms with Gasteiger partial charge in [0.05, 0.1) is 0 Å². The molecule has 0 radical (unpaired) electrons. The van der Waals surface area contributed by atoms with Gasteiger partial charge in [0.1, 0.15) is 6.26 Å². The average molecular weight is 240 g/mol. The Labute approximate surface area is 99.0 Å². The van der Waals surface area contributed by atoms with Crippen LogP contribution >= 0.6 is 0 Å². The van der Waals surface area contributed by atoms with E-state index < -0.39 is 5.97 Å². The molecule has 6 nitrogen and oxygen atoms in total. The van der Waals surface area contributed by atoms with Gasteiger partial charge in [-0.15, -0.1) is 0 Å². The molecular weight excluding hydrogens is 224 g/mol. The van der Waals surface area contributed by atoms with E-state index in [0.717, 1.165) is 6.42 Å². The first kappa shape index (κ1) is 13.2. The molecule has 0 saturated carbocycles. The van der Waals surface area contributed by atoms with Crippen LogP contribution in [-0.2, 0) is 4.79 Å². The number of aromatic nitrogens is 1. The van der Waals surface area contributed by atoms with Crippen molar-refractivity contribution in [3.63, 3.8) is 0 Å². The third-order valence-corrected chi connectivity index (χ3v) is 2.44. The number of hydrogen-bond acceptors (Lipinski definition) is 4. The van der Waals surface area contributed by atoms with Gasteiger partial charge in [-0.3, -0.25) is 9.59 Å². The minimum Gasteiger partial charge on any atom is -0.481 e. The first-order valence-electron chi connectivity index (χ1n) is 5.50. The van der Waals surface area contributed by atoms with Crippen LogP contribution in [0.25, 0.3) is 0 Å². The van der Waals surface area contributed by atoms with Crippen LogP contribution < -0.4 is 5.32 Å². The quantitative estimate of drug-likeness (QED) is 0.749. The normalized spacial score (nSPS) is 12.1. The number of carboxylic acids is 1. The molecule has 0 saturated heterocycles. The van der Waals surface area contributed by atoms with E-state index in [-0.39, 0.29) is 23.9 Å². The standard InChI is InChI=1S/C11H16N2O4/c1-8(2-3-10(14)15)4-6-12-11(16)9-5-7-17-13-9/h5,7-8H,2-4,6H2,1H3,(H,12,16)(H,14,15). The molecule has 1 heterocycles.